The summed E-state index contributed by atoms with van der Waals surface area (Å²) >= 11 is 0. The maximum Gasteiger partial charge on any atom is 0.244 e. The minimum atomic E-state index is -0.0826. The van der Waals surface area contributed by atoms with Gasteiger partial charge < -0.3 is 15.5 Å². The van der Waals surface area contributed by atoms with Crippen LogP contribution in [-0.2, 0) is 11.2 Å². The first-order chi connectivity index (χ1) is 10.2. The average molecular weight is 287 g/mol. The lowest BCUT2D eigenvalue weighted by Crippen LogP contribution is -2.52. The first-order valence-electron chi connectivity index (χ1n) is 8.05. The molecule has 0 spiro atoms. The van der Waals surface area contributed by atoms with E-state index in [1.54, 1.807) is 0 Å². The number of anilines is 1. The third-order valence-electron chi connectivity index (χ3n) is 4.82. The van der Waals surface area contributed by atoms with E-state index in [9.17, 15) is 4.79 Å². The van der Waals surface area contributed by atoms with E-state index in [2.05, 4.69) is 29.2 Å². The van der Waals surface area contributed by atoms with Crippen molar-refractivity contribution in [2.24, 2.45) is 5.73 Å². The maximum atomic E-state index is 12.8. The molecular formula is C17H25N3O. The van der Waals surface area contributed by atoms with Gasteiger partial charge in [-0.3, -0.25) is 4.79 Å². The molecule has 4 heteroatoms. The summed E-state index contributed by atoms with van der Waals surface area (Å²) in [5.74, 6) is 0.249. The van der Waals surface area contributed by atoms with E-state index >= 15 is 0 Å². The zero-order valence-corrected chi connectivity index (χ0v) is 12.8. The summed E-state index contributed by atoms with van der Waals surface area (Å²) in [6.07, 6.45) is 4.09. The Kier molecular flexibility index (Phi) is 4.15. The van der Waals surface area contributed by atoms with Gasteiger partial charge in [-0.1, -0.05) is 18.2 Å². The predicted molar refractivity (Wildman–Crippen MR) is 85.4 cm³/mol. The van der Waals surface area contributed by atoms with E-state index in [1.807, 2.05) is 11.8 Å². The molecule has 3 rings (SSSR count). The van der Waals surface area contributed by atoms with Crippen LogP contribution in [0.15, 0.2) is 24.3 Å². The van der Waals surface area contributed by atoms with Crippen LogP contribution in [0, 0.1) is 0 Å². The summed E-state index contributed by atoms with van der Waals surface area (Å²) < 4.78 is 0. The molecule has 1 fully saturated rings. The standard InChI is InChI=1S/C17H25N3O/c1-13(17(21)19-11-8-15(18)9-12-19)20-10-4-6-14-5-2-3-7-16(14)20/h2-3,5,7,13,15H,4,6,8-12,18H2,1H3. The van der Waals surface area contributed by atoms with Crippen LogP contribution in [0.5, 0.6) is 0 Å². The van der Waals surface area contributed by atoms with Crippen molar-refractivity contribution in [2.75, 3.05) is 24.5 Å². The number of carbonyl (C=O) groups excluding carboxylic acids is 1. The Balaban J connectivity index is 1.73. The molecule has 1 saturated heterocycles. The molecule has 114 valence electrons. The quantitative estimate of drug-likeness (QED) is 0.902. The fourth-order valence-electron chi connectivity index (χ4n) is 3.48. The monoisotopic (exact) mass is 287 g/mol. The van der Waals surface area contributed by atoms with Gasteiger partial charge in [-0.05, 0) is 44.2 Å². The Bertz CT molecular complexity index is 509. The number of hydrogen-bond acceptors (Lipinski definition) is 3. The first kappa shape index (κ1) is 14.4. The van der Waals surface area contributed by atoms with Crippen LogP contribution in [0.25, 0.3) is 0 Å². The molecule has 2 aliphatic heterocycles. The molecular weight excluding hydrogens is 262 g/mol. The number of piperidine rings is 1. The van der Waals surface area contributed by atoms with Gasteiger partial charge in [-0.25, -0.2) is 0 Å². The number of fused-ring (bicyclic) bond motifs is 1. The Morgan fingerprint density at radius 2 is 1.95 bits per heavy atom. The second-order valence-electron chi connectivity index (χ2n) is 6.26. The van der Waals surface area contributed by atoms with Gasteiger partial charge >= 0.3 is 0 Å². The van der Waals surface area contributed by atoms with Crippen molar-refractivity contribution in [3.05, 3.63) is 29.8 Å². The Morgan fingerprint density at radius 3 is 2.71 bits per heavy atom. The average Bonchev–Trinajstić information content (AvgIpc) is 2.53. The number of likely N-dealkylation sites (tertiary alicyclic amines) is 1. The summed E-state index contributed by atoms with van der Waals surface area (Å²) in [6, 6.07) is 8.65. The SMILES string of the molecule is CC(C(=O)N1CCC(N)CC1)N1CCCc2ccccc21. The van der Waals surface area contributed by atoms with Gasteiger partial charge in [0.25, 0.3) is 0 Å². The molecule has 2 aliphatic rings. The number of nitrogens with zero attached hydrogens (tertiary/aromatic N) is 2. The van der Waals surface area contributed by atoms with Crippen LogP contribution in [0.3, 0.4) is 0 Å². The Hall–Kier alpha value is -1.55. The fourth-order valence-corrected chi connectivity index (χ4v) is 3.48. The van der Waals surface area contributed by atoms with Crippen LogP contribution < -0.4 is 10.6 Å². The molecule has 1 atom stereocenters. The summed E-state index contributed by atoms with van der Waals surface area (Å²) in [5.41, 5.74) is 8.53. The molecule has 0 aliphatic carbocycles. The number of amides is 1. The maximum absolute atomic E-state index is 12.8. The van der Waals surface area contributed by atoms with E-state index in [0.29, 0.717) is 0 Å². The minimum absolute atomic E-state index is 0.0826. The number of carbonyl (C=O) groups is 1. The van der Waals surface area contributed by atoms with Crippen molar-refractivity contribution < 1.29 is 4.79 Å². The predicted octanol–water partition coefficient (Wildman–Crippen LogP) is 1.78. The lowest BCUT2D eigenvalue weighted by atomic mass is 9.99. The normalized spacial score (nSPS) is 21.0. The van der Waals surface area contributed by atoms with Gasteiger partial charge in [0.2, 0.25) is 5.91 Å². The molecule has 4 nitrogen and oxygen atoms in total. The van der Waals surface area contributed by atoms with Crippen molar-refractivity contribution in [3.63, 3.8) is 0 Å². The second kappa shape index (κ2) is 6.06. The number of benzene rings is 1. The molecule has 0 aromatic heterocycles. The highest BCUT2D eigenvalue weighted by atomic mass is 16.2. The second-order valence-corrected chi connectivity index (χ2v) is 6.26. The smallest absolute Gasteiger partial charge is 0.244 e. The highest BCUT2D eigenvalue weighted by Gasteiger charge is 2.30. The van der Waals surface area contributed by atoms with Gasteiger partial charge in [0, 0.05) is 31.4 Å². The highest BCUT2D eigenvalue weighted by molar-refractivity contribution is 5.85. The van der Waals surface area contributed by atoms with Crippen LogP contribution in [-0.4, -0.2) is 42.5 Å². The third kappa shape index (κ3) is 2.91. The van der Waals surface area contributed by atoms with Gasteiger partial charge in [-0.2, -0.15) is 0 Å². The minimum Gasteiger partial charge on any atom is -0.360 e. The van der Waals surface area contributed by atoms with Crippen molar-refractivity contribution in [3.8, 4) is 0 Å². The summed E-state index contributed by atoms with van der Waals surface area (Å²) in [7, 11) is 0. The number of hydrogen-bond donors (Lipinski definition) is 1. The largest absolute Gasteiger partial charge is 0.360 e. The van der Waals surface area contributed by atoms with E-state index in [0.717, 1.165) is 45.3 Å². The Morgan fingerprint density at radius 1 is 1.24 bits per heavy atom. The Labute approximate surface area is 126 Å². The number of aryl methyl sites for hydroxylation is 1. The summed E-state index contributed by atoms with van der Waals surface area (Å²) in [5, 5.41) is 0. The van der Waals surface area contributed by atoms with Crippen molar-refractivity contribution in [1.29, 1.82) is 0 Å². The topological polar surface area (TPSA) is 49.6 Å². The zero-order chi connectivity index (χ0) is 14.8. The van der Waals surface area contributed by atoms with Gasteiger partial charge in [0.05, 0.1) is 0 Å². The van der Waals surface area contributed by atoms with E-state index in [1.165, 1.54) is 11.3 Å². The van der Waals surface area contributed by atoms with Crippen LogP contribution in [0.1, 0.15) is 31.7 Å². The summed E-state index contributed by atoms with van der Waals surface area (Å²) in [4.78, 5) is 17.0. The van der Waals surface area contributed by atoms with Gasteiger partial charge in [-0.15, -0.1) is 0 Å². The molecule has 2 heterocycles. The molecule has 1 aromatic rings. The van der Waals surface area contributed by atoms with Crippen molar-refractivity contribution >= 4 is 11.6 Å². The molecule has 1 unspecified atom stereocenters. The molecule has 1 amide bonds. The lowest BCUT2D eigenvalue weighted by molar-refractivity contribution is -0.133. The summed E-state index contributed by atoms with van der Waals surface area (Å²) in [6.45, 7) is 4.62. The van der Waals surface area contributed by atoms with Crippen LogP contribution >= 0.6 is 0 Å². The fraction of sp³-hybridized carbons (Fsp3) is 0.588. The molecule has 2 N–H and O–H groups in total. The molecule has 0 radical (unpaired) electrons. The van der Waals surface area contributed by atoms with Gasteiger partial charge in [0.15, 0.2) is 0 Å². The van der Waals surface area contributed by atoms with E-state index in [4.69, 9.17) is 5.73 Å². The molecule has 0 bridgehead atoms. The lowest BCUT2D eigenvalue weighted by Gasteiger charge is -2.39. The van der Waals surface area contributed by atoms with Crippen molar-refractivity contribution in [1.82, 2.24) is 4.90 Å². The number of para-hydroxylation sites is 1. The van der Waals surface area contributed by atoms with Crippen LogP contribution in [0.2, 0.25) is 0 Å². The van der Waals surface area contributed by atoms with Crippen molar-refractivity contribution in [2.45, 2.75) is 44.7 Å². The molecule has 0 saturated carbocycles. The molecule has 1 aromatic carbocycles. The zero-order valence-electron chi connectivity index (χ0n) is 12.8. The molecule has 21 heavy (non-hydrogen) atoms. The highest BCUT2D eigenvalue weighted by Crippen LogP contribution is 2.29. The number of rotatable bonds is 2. The van der Waals surface area contributed by atoms with E-state index in [-0.39, 0.29) is 18.0 Å². The van der Waals surface area contributed by atoms with Gasteiger partial charge in [0.1, 0.15) is 6.04 Å². The van der Waals surface area contributed by atoms with Crippen LogP contribution in [0.4, 0.5) is 5.69 Å². The van der Waals surface area contributed by atoms with E-state index < -0.39 is 0 Å². The first-order valence-corrected chi connectivity index (χ1v) is 8.05. The third-order valence-corrected chi connectivity index (χ3v) is 4.82. The number of nitrogens with two attached hydrogens (primary N) is 1.